The number of carbonyl (C=O) groups excluding carboxylic acids is 1. The SMILES string of the molecule is CC1(NC(=O)c2ccn3c(-c4nc(NC5CNCCC5F)c(F)cc4F)cnc3c2)CC1. The Hall–Kier alpha value is -3.14. The van der Waals surface area contributed by atoms with Crippen LogP contribution in [0.5, 0.6) is 0 Å². The van der Waals surface area contributed by atoms with Crippen LogP contribution >= 0.6 is 0 Å². The van der Waals surface area contributed by atoms with Crippen LogP contribution in [-0.2, 0) is 0 Å². The number of anilines is 1. The van der Waals surface area contributed by atoms with Gasteiger partial charge in [0, 0.05) is 29.9 Å². The van der Waals surface area contributed by atoms with Gasteiger partial charge in [0.1, 0.15) is 17.5 Å². The van der Waals surface area contributed by atoms with E-state index in [1.807, 2.05) is 6.92 Å². The quantitative estimate of drug-likeness (QED) is 0.564. The lowest BCUT2D eigenvalue weighted by Gasteiger charge is -2.28. The van der Waals surface area contributed by atoms with Gasteiger partial charge >= 0.3 is 0 Å². The lowest BCUT2D eigenvalue weighted by Crippen LogP contribution is -2.46. The number of alkyl halides is 1. The Balaban J connectivity index is 1.46. The minimum atomic E-state index is -1.16. The first kappa shape index (κ1) is 20.7. The molecule has 2 fully saturated rings. The van der Waals surface area contributed by atoms with Crippen molar-refractivity contribution in [3.8, 4) is 11.4 Å². The molecule has 168 valence electrons. The van der Waals surface area contributed by atoms with E-state index in [0.717, 1.165) is 18.9 Å². The second-order valence-corrected chi connectivity index (χ2v) is 8.71. The zero-order valence-corrected chi connectivity index (χ0v) is 17.5. The molecule has 5 rings (SSSR count). The average Bonchev–Trinajstić information content (AvgIpc) is 3.34. The molecule has 0 radical (unpaired) electrons. The summed E-state index contributed by atoms with van der Waals surface area (Å²) in [5.41, 5.74) is 0.884. The van der Waals surface area contributed by atoms with Crippen molar-refractivity contribution in [2.75, 3.05) is 18.4 Å². The number of hydrogen-bond donors (Lipinski definition) is 3. The molecule has 4 heterocycles. The van der Waals surface area contributed by atoms with E-state index in [9.17, 15) is 18.0 Å². The number of nitrogens with zero attached hydrogens (tertiary/aromatic N) is 3. The summed E-state index contributed by atoms with van der Waals surface area (Å²) in [4.78, 5) is 20.8. The van der Waals surface area contributed by atoms with Gasteiger partial charge in [-0.05, 0) is 44.9 Å². The van der Waals surface area contributed by atoms with E-state index in [1.165, 1.54) is 6.20 Å². The number of fused-ring (bicyclic) bond motifs is 1. The van der Waals surface area contributed by atoms with E-state index >= 15 is 0 Å². The molecular weight excluding hydrogens is 421 g/mol. The number of aromatic nitrogens is 3. The summed E-state index contributed by atoms with van der Waals surface area (Å²) in [5, 5.41) is 8.78. The Morgan fingerprint density at radius 1 is 1.28 bits per heavy atom. The molecule has 1 aliphatic carbocycles. The Morgan fingerprint density at radius 3 is 2.84 bits per heavy atom. The van der Waals surface area contributed by atoms with Crippen molar-refractivity contribution in [3.05, 3.63) is 47.8 Å². The van der Waals surface area contributed by atoms with Gasteiger partial charge in [-0.15, -0.1) is 0 Å². The maximum absolute atomic E-state index is 14.7. The van der Waals surface area contributed by atoms with Crippen LogP contribution in [0.4, 0.5) is 19.0 Å². The van der Waals surface area contributed by atoms with Crippen molar-refractivity contribution >= 4 is 17.4 Å². The fourth-order valence-corrected chi connectivity index (χ4v) is 3.85. The number of carbonyl (C=O) groups is 1. The van der Waals surface area contributed by atoms with E-state index in [4.69, 9.17) is 0 Å². The predicted molar refractivity (Wildman–Crippen MR) is 113 cm³/mol. The second kappa shape index (κ2) is 7.77. The van der Waals surface area contributed by atoms with Crippen molar-refractivity contribution < 1.29 is 18.0 Å². The molecule has 7 nitrogen and oxygen atoms in total. The molecule has 0 aromatic carbocycles. The third-order valence-corrected chi connectivity index (χ3v) is 6.08. The minimum absolute atomic E-state index is 0.122. The Labute approximate surface area is 182 Å². The zero-order chi connectivity index (χ0) is 22.5. The standard InChI is InChI=1S/C22H23F3N6O/c1-22(4-5-22)30-21(32)12-3-7-31-17(11-27-18(31)8-12)19-14(24)9-15(25)20(29-19)28-16-10-26-6-2-13(16)23/h3,7-9,11,13,16,26H,2,4-6,10H2,1H3,(H,28,29)(H,30,32). The molecule has 2 atom stereocenters. The molecule has 0 spiro atoms. The van der Waals surface area contributed by atoms with E-state index < -0.39 is 23.8 Å². The van der Waals surface area contributed by atoms with E-state index in [-0.39, 0.29) is 23.0 Å². The van der Waals surface area contributed by atoms with E-state index in [0.29, 0.717) is 36.4 Å². The lowest BCUT2D eigenvalue weighted by molar-refractivity contribution is 0.0935. The number of nitrogens with one attached hydrogen (secondary N) is 3. The number of rotatable bonds is 5. The summed E-state index contributed by atoms with van der Waals surface area (Å²) in [6.07, 6.45) is 4.04. The van der Waals surface area contributed by atoms with Gasteiger partial charge in [-0.25, -0.2) is 23.1 Å². The summed E-state index contributed by atoms with van der Waals surface area (Å²) in [6.45, 7) is 2.85. The van der Waals surface area contributed by atoms with Gasteiger partial charge in [0.15, 0.2) is 17.5 Å². The minimum Gasteiger partial charge on any atom is -0.361 e. The van der Waals surface area contributed by atoms with Gasteiger partial charge in [0.05, 0.1) is 17.9 Å². The molecule has 0 bridgehead atoms. The first-order chi connectivity index (χ1) is 15.3. The second-order valence-electron chi connectivity index (χ2n) is 8.71. The van der Waals surface area contributed by atoms with E-state index in [2.05, 4.69) is 25.9 Å². The third kappa shape index (κ3) is 3.90. The van der Waals surface area contributed by atoms with Crippen LogP contribution in [0.1, 0.15) is 36.5 Å². The topological polar surface area (TPSA) is 83.4 Å². The van der Waals surface area contributed by atoms with Crippen molar-refractivity contribution in [1.29, 1.82) is 0 Å². The van der Waals surface area contributed by atoms with Gasteiger partial charge in [-0.2, -0.15) is 0 Å². The highest BCUT2D eigenvalue weighted by Gasteiger charge is 2.38. The van der Waals surface area contributed by atoms with Crippen LogP contribution in [0, 0.1) is 11.6 Å². The molecule has 1 saturated carbocycles. The first-order valence-corrected chi connectivity index (χ1v) is 10.6. The molecule has 2 unspecified atom stereocenters. The molecule has 32 heavy (non-hydrogen) atoms. The monoisotopic (exact) mass is 444 g/mol. The van der Waals surface area contributed by atoms with Crippen LogP contribution in [0.15, 0.2) is 30.6 Å². The molecule has 1 amide bonds. The van der Waals surface area contributed by atoms with Crippen molar-refractivity contribution in [1.82, 2.24) is 25.0 Å². The fourth-order valence-electron chi connectivity index (χ4n) is 3.85. The predicted octanol–water partition coefficient (Wildman–Crippen LogP) is 3.07. The molecule has 3 N–H and O–H groups in total. The molecule has 3 aromatic rings. The molecule has 1 aliphatic heterocycles. The van der Waals surface area contributed by atoms with Crippen molar-refractivity contribution in [2.45, 2.75) is 43.9 Å². The van der Waals surface area contributed by atoms with Crippen LogP contribution < -0.4 is 16.0 Å². The van der Waals surface area contributed by atoms with E-state index in [1.54, 1.807) is 22.7 Å². The summed E-state index contributed by atoms with van der Waals surface area (Å²) in [5.74, 6) is -2.18. The number of piperidine rings is 1. The van der Waals surface area contributed by atoms with Gasteiger partial charge in [-0.3, -0.25) is 9.20 Å². The highest BCUT2D eigenvalue weighted by atomic mass is 19.1. The number of amides is 1. The average molecular weight is 444 g/mol. The maximum Gasteiger partial charge on any atom is 0.251 e. The van der Waals surface area contributed by atoms with Crippen molar-refractivity contribution in [2.24, 2.45) is 0 Å². The summed E-state index contributed by atoms with van der Waals surface area (Å²) in [7, 11) is 0. The van der Waals surface area contributed by atoms with Crippen molar-refractivity contribution in [3.63, 3.8) is 0 Å². The number of halogens is 3. The number of imidazole rings is 1. The number of pyridine rings is 2. The van der Waals surface area contributed by atoms with Gasteiger partial charge in [0.25, 0.3) is 5.91 Å². The molecular formula is C22H23F3N6O. The van der Waals surface area contributed by atoms with Crippen LogP contribution in [0.25, 0.3) is 17.0 Å². The maximum atomic E-state index is 14.7. The summed E-state index contributed by atoms with van der Waals surface area (Å²) < 4.78 is 44.8. The highest BCUT2D eigenvalue weighted by Crippen LogP contribution is 2.34. The largest absolute Gasteiger partial charge is 0.361 e. The molecule has 1 saturated heterocycles. The van der Waals surface area contributed by atoms with Gasteiger partial charge < -0.3 is 16.0 Å². The fraction of sp³-hybridized carbons (Fsp3) is 0.409. The normalized spacial score (nSPS) is 22.0. The van der Waals surface area contributed by atoms with Crippen LogP contribution in [0.2, 0.25) is 0 Å². The summed E-state index contributed by atoms with van der Waals surface area (Å²) >= 11 is 0. The Kier molecular flexibility index (Phi) is 5.04. The third-order valence-electron chi connectivity index (χ3n) is 6.08. The molecule has 3 aromatic heterocycles. The summed E-state index contributed by atoms with van der Waals surface area (Å²) in [6, 6.07) is 3.28. The zero-order valence-electron chi connectivity index (χ0n) is 17.5. The Morgan fingerprint density at radius 2 is 2.09 bits per heavy atom. The Bertz CT molecular complexity index is 1190. The van der Waals surface area contributed by atoms with Crippen LogP contribution in [0.3, 0.4) is 0 Å². The van der Waals surface area contributed by atoms with Crippen LogP contribution in [-0.4, -0.2) is 51.1 Å². The lowest BCUT2D eigenvalue weighted by atomic mass is 10.1. The number of hydrogen-bond acceptors (Lipinski definition) is 5. The van der Waals surface area contributed by atoms with Gasteiger partial charge in [0.2, 0.25) is 0 Å². The molecule has 2 aliphatic rings. The molecule has 10 heteroatoms. The first-order valence-electron chi connectivity index (χ1n) is 10.6. The van der Waals surface area contributed by atoms with Gasteiger partial charge in [-0.1, -0.05) is 0 Å². The highest BCUT2D eigenvalue weighted by molar-refractivity contribution is 5.95. The smallest absolute Gasteiger partial charge is 0.251 e.